The number of anilines is 3. The van der Waals surface area contributed by atoms with Crippen molar-refractivity contribution in [3.63, 3.8) is 0 Å². The quantitative estimate of drug-likeness (QED) is 0.778. The number of hydrogen-bond acceptors (Lipinski definition) is 4. The Balaban J connectivity index is 1.68. The van der Waals surface area contributed by atoms with E-state index < -0.39 is 18.6 Å². The number of para-hydroxylation sites is 1. The molecular weight excluding hydrogens is 318 g/mol. The molecule has 2 aromatic carbocycles. The highest BCUT2D eigenvalue weighted by atomic mass is 16.3. The van der Waals surface area contributed by atoms with Crippen molar-refractivity contribution in [2.75, 3.05) is 28.7 Å². The van der Waals surface area contributed by atoms with Gasteiger partial charge in [-0.05, 0) is 43.2 Å². The average molecular weight is 339 g/mol. The summed E-state index contributed by atoms with van der Waals surface area (Å²) in [6.07, 6.45) is 0.872. The van der Waals surface area contributed by atoms with E-state index in [1.54, 1.807) is 18.2 Å². The molecular formula is C19H21N3O3. The summed E-state index contributed by atoms with van der Waals surface area (Å²) in [4.78, 5) is 25.9. The second-order valence-corrected chi connectivity index (χ2v) is 6.02. The molecule has 6 heteroatoms. The van der Waals surface area contributed by atoms with Gasteiger partial charge in [-0.1, -0.05) is 24.3 Å². The zero-order chi connectivity index (χ0) is 17.8. The Labute approximate surface area is 146 Å². The molecule has 2 aromatic rings. The van der Waals surface area contributed by atoms with Crippen molar-refractivity contribution in [2.24, 2.45) is 0 Å². The SMILES string of the molecule is CC(Nc1cccc(NC(=O)CO)c1)C(=O)N1CCc2ccccc21. The fraction of sp³-hybridized carbons (Fsp3) is 0.263. The number of amides is 2. The van der Waals surface area contributed by atoms with Gasteiger partial charge in [0.25, 0.3) is 0 Å². The lowest BCUT2D eigenvalue weighted by molar-refractivity contribution is -0.119. The topological polar surface area (TPSA) is 81.7 Å². The van der Waals surface area contributed by atoms with Gasteiger partial charge in [0.15, 0.2) is 0 Å². The molecule has 1 atom stereocenters. The predicted molar refractivity (Wildman–Crippen MR) is 97.7 cm³/mol. The number of aliphatic hydroxyl groups excluding tert-OH is 1. The number of carbonyl (C=O) groups excluding carboxylic acids is 2. The molecule has 0 bridgehead atoms. The lowest BCUT2D eigenvalue weighted by Crippen LogP contribution is -2.40. The van der Waals surface area contributed by atoms with Gasteiger partial charge in [-0.2, -0.15) is 0 Å². The van der Waals surface area contributed by atoms with Gasteiger partial charge in [0.05, 0.1) is 0 Å². The highest BCUT2D eigenvalue weighted by Gasteiger charge is 2.27. The molecule has 1 aliphatic heterocycles. The maximum atomic E-state index is 12.8. The molecule has 1 aliphatic rings. The predicted octanol–water partition coefficient (Wildman–Crippen LogP) is 2.01. The van der Waals surface area contributed by atoms with E-state index in [1.165, 1.54) is 5.56 Å². The number of fused-ring (bicyclic) bond motifs is 1. The zero-order valence-corrected chi connectivity index (χ0v) is 14.0. The minimum atomic E-state index is -0.569. The molecule has 3 N–H and O–H groups in total. The third-order valence-electron chi connectivity index (χ3n) is 4.20. The van der Waals surface area contributed by atoms with Gasteiger partial charge in [0.2, 0.25) is 11.8 Å². The smallest absolute Gasteiger partial charge is 0.250 e. The van der Waals surface area contributed by atoms with Crippen LogP contribution < -0.4 is 15.5 Å². The van der Waals surface area contributed by atoms with E-state index in [9.17, 15) is 9.59 Å². The summed E-state index contributed by atoms with van der Waals surface area (Å²) in [6, 6.07) is 14.6. The van der Waals surface area contributed by atoms with Crippen LogP contribution in [-0.4, -0.2) is 36.1 Å². The van der Waals surface area contributed by atoms with E-state index in [0.29, 0.717) is 12.2 Å². The standard InChI is InChI=1S/C19H21N3O3/c1-13(19(25)22-10-9-14-5-2-3-8-17(14)22)20-15-6-4-7-16(11-15)21-18(24)12-23/h2-8,11,13,20,23H,9-10,12H2,1H3,(H,21,24). The molecule has 3 rings (SSSR count). The van der Waals surface area contributed by atoms with Crippen molar-refractivity contribution < 1.29 is 14.7 Å². The number of carbonyl (C=O) groups is 2. The fourth-order valence-electron chi connectivity index (χ4n) is 3.00. The number of nitrogens with zero attached hydrogens (tertiary/aromatic N) is 1. The van der Waals surface area contributed by atoms with Gasteiger partial charge < -0.3 is 20.6 Å². The van der Waals surface area contributed by atoms with Crippen LogP contribution in [0.5, 0.6) is 0 Å². The van der Waals surface area contributed by atoms with Crippen molar-refractivity contribution in [3.8, 4) is 0 Å². The van der Waals surface area contributed by atoms with Crippen molar-refractivity contribution >= 4 is 28.9 Å². The monoisotopic (exact) mass is 339 g/mol. The Morgan fingerprint density at radius 3 is 2.72 bits per heavy atom. The van der Waals surface area contributed by atoms with Crippen molar-refractivity contribution in [1.82, 2.24) is 0 Å². The molecule has 130 valence electrons. The maximum Gasteiger partial charge on any atom is 0.250 e. The first kappa shape index (κ1) is 17.0. The van der Waals surface area contributed by atoms with E-state index >= 15 is 0 Å². The van der Waals surface area contributed by atoms with E-state index in [0.717, 1.165) is 17.8 Å². The minimum absolute atomic E-state index is 0.00902. The van der Waals surface area contributed by atoms with Gasteiger partial charge >= 0.3 is 0 Å². The summed E-state index contributed by atoms with van der Waals surface area (Å²) in [5, 5.41) is 14.6. The van der Waals surface area contributed by atoms with E-state index in [4.69, 9.17) is 5.11 Å². The summed E-state index contributed by atoms with van der Waals surface area (Å²) in [5.41, 5.74) is 3.46. The van der Waals surface area contributed by atoms with Crippen LogP contribution in [0.4, 0.5) is 17.1 Å². The number of benzene rings is 2. The molecule has 0 saturated heterocycles. The molecule has 6 nitrogen and oxygen atoms in total. The van der Waals surface area contributed by atoms with Crippen LogP contribution >= 0.6 is 0 Å². The largest absolute Gasteiger partial charge is 0.387 e. The van der Waals surface area contributed by atoms with Crippen LogP contribution in [0.25, 0.3) is 0 Å². The van der Waals surface area contributed by atoms with E-state index in [-0.39, 0.29) is 5.91 Å². The highest BCUT2D eigenvalue weighted by Crippen LogP contribution is 2.28. The Morgan fingerprint density at radius 2 is 1.92 bits per heavy atom. The van der Waals surface area contributed by atoms with Gasteiger partial charge in [-0.15, -0.1) is 0 Å². The van der Waals surface area contributed by atoms with Crippen LogP contribution in [0.15, 0.2) is 48.5 Å². The molecule has 0 saturated carbocycles. The van der Waals surface area contributed by atoms with Crippen molar-refractivity contribution in [3.05, 3.63) is 54.1 Å². The minimum Gasteiger partial charge on any atom is -0.387 e. The molecule has 0 spiro atoms. The average Bonchev–Trinajstić information content (AvgIpc) is 3.05. The fourth-order valence-corrected chi connectivity index (χ4v) is 3.00. The van der Waals surface area contributed by atoms with Crippen molar-refractivity contribution in [2.45, 2.75) is 19.4 Å². The molecule has 0 aromatic heterocycles. The number of nitrogens with one attached hydrogen (secondary N) is 2. The van der Waals surface area contributed by atoms with Crippen LogP contribution in [0.2, 0.25) is 0 Å². The first-order chi connectivity index (χ1) is 12.1. The Bertz CT molecular complexity index is 791. The Morgan fingerprint density at radius 1 is 1.16 bits per heavy atom. The Hall–Kier alpha value is -2.86. The molecule has 0 radical (unpaired) electrons. The summed E-state index contributed by atoms with van der Waals surface area (Å²) < 4.78 is 0. The molecule has 1 heterocycles. The third-order valence-corrected chi connectivity index (χ3v) is 4.20. The number of aliphatic hydroxyl groups is 1. The Kier molecular flexibility index (Phi) is 5.00. The second-order valence-electron chi connectivity index (χ2n) is 6.02. The summed E-state index contributed by atoms with van der Waals surface area (Å²) >= 11 is 0. The first-order valence-corrected chi connectivity index (χ1v) is 8.25. The van der Waals surface area contributed by atoms with Gasteiger partial charge in [-0.3, -0.25) is 9.59 Å². The van der Waals surface area contributed by atoms with Crippen LogP contribution in [0.1, 0.15) is 12.5 Å². The summed E-state index contributed by atoms with van der Waals surface area (Å²) in [6.45, 7) is 1.94. The van der Waals surface area contributed by atoms with Gasteiger partial charge in [0.1, 0.15) is 12.6 Å². The summed E-state index contributed by atoms with van der Waals surface area (Å²) in [7, 11) is 0. The van der Waals surface area contributed by atoms with Crippen LogP contribution in [0, 0.1) is 0 Å². The zero-order valence-electron chi connectivity index (χ0n) is 14.0. The lowest BCUT2D eigenvalue weighted by atomic mass is 10.2. The third kappa shape index (κ3) is 3.80. The highest BCUT2D eigenvalue weighted by molar-refractivity contribution is 6.00. The number of hydrogen-bond donors (Lipinski definition) is 3. The van der Waals surface area contributed by atoms with Crippen molar-refractivity contribution in [1.29, 1.82) is 0 Å². The van der Waals surface area contributed by atoms with E-state index in [2.05, 4.69) is 10.6 Å². The van der Waals surface area contributed by atoms with Crippen LogP contribution in [-0.2, 0) is 16.0 Å². The van der Waals surface area contributed by atoms with E-state index in [1.807, 2.05) is 42.2 Å². The molecule has 1 unspecified atom stereocenters. The molecule has 0 aliphatic carbocycles. The van der Waals surface area contributed by atoms with Gasteiger partial charge in [-0.25, -0.2) is 0 Å². The number of rotatable bonds is 5. The maximum absolute atomic E-state index is 12.8. The van der Waals surface area contributed by atoms with Gasteiger partial charge in [0, 0.05) is 23.6 Å². The molecule has 0 fully saturated rings. The summed E-state index contributed by atoms with van der Waals surface area (Å²) in [5.74, 6) is -0.468. The molecule has 2 amide bonds. The normalized spacial score (nSPS) is 13.9. The lowest BCUT2D eigenvalue weighted by Gasteiger charge is -2.23. The first-order valence-electron chi connectivity index (χ1n) is 8.25. The molecule has 25 heavy (non-hydrogen) atoms. The second kappa shape index (κ2) is 7.36. The van der Waals surface area contributed by atoms with Crippen LogP contribution in [0.3, 0.4) is 0 Å².